The summed E-state index contributed by atoms with van der Waals surface area (Å²) in [4.78, 5) is 16.6. The summed E-state index contributed by atoms with van der Waals surface area (Å²) < 4.78 is 5.50. The van der Waals surface area contributed by atoms with Gasteiger partial charge in [0.05, 0.1) is 0 Å². The van der Waals surface area contributed by atoms with Gasteiger partial charge in [-0.25, -0.2) is 4.79 Å². The molecular formula is C13H24N2O2. The highest BCUT2D eigenvalue weighted by atomic mass is 16.6. The van der Waals surface area contributed by atoms with Crippen LogP contribution in [0.5, 0.6) is 0 Å². The van der Waals surface area contributed by atoms with Crippen molar-refractivity contribution in [1.82, 2.24) is 9.80 Å². The molecule has 0 spiro atoms. The summed E-state index contributed by atoms with van der Waals surface area (Å²) in [6.45, 7) is 11.1. The Hall–Kier alpha value is -0.770. The van der Waals surface area contributed by atoms with Crippen LogP contribution < -0.4 is 0 Å². The molecule has 1 unspecified atom stereocenters. The molecule has 1 amide bonds. The van der Waals surface area contributed by atoms with Gasteiger partial charge >= 0.3 is 6.09 Å². The summed E-state index contributed by atoms with van der Waals surface area (Å²) >= 11 is 0. The van der Waals surface area contributed by atoms with E-state index in [1.54, 1.807) is 0 Å². The molecule has 0 aliphatic carbocycles. The first kappa shape index (κ1) is 12.7. The fourth-order valence-corrected chi connectivity index (χ4v) is 2.86. The number of likely N-dealkylation sites (tertiary alicyclic amines) is 1. The van der Waals surface area contributed by atoms with Gasteiger partial charge in [0.25, 0.3) is 0 Å². The van der Waals surface area contributed by atoms with E-state index in [1.165, 1.54) is 0 Å². The van der Waals surface area contributed by atoms with Gasteiger partial charge < -0.3 is 4.74 Å². The third kappa shape index (κ3) is 2.73. The van der Waals surface area contributed by atoms with Gasteiger partial charge in [-0.1, -0.05) is 6.92 Å². The summed E-state index contributed by atoms with van der Waals surface area (Å²) in [7, 11) is 0. The van der Waals surface area contributed by atoms with Crippen molar-refractivity contribution in [2.45, 2.75) is 58.2 Å². The first-order valence-corrected chi connectivity index (χ1v) is 6.64. The third-order valence-corrected chi connectivity index (χ3v) is 3.61. The number of rotatable bonds is 1. The van der Waals surface area contributed by atoms with Gasteiger partial charge in [0.2, 0.25) is 0 Å². The molecule has 4 nitrogen and oxygen atoms in total. The predicted molar refractivity (Wildman–Crippen MR) is 67.0 cm³/mol. The Morgan fingerprint density at radius 3 is 2.18 bits per heavy atom. The molecule has 17 heavy (non-hydrogen) atoms. The molecule has 0 aromatic rings. The first-order chi connectivity index (χ1) is 7.90. The van der Waals surface area contributed by atoms with E-state index in [2.05, 4.69) is 11.8 Å². The number of piperazine rings is 1. The van der Waals surface area contributed by atoms with Gasteiger partial charge in [0.1, 0.15) is 5.60 Å². The molecule has 0 radical (unpaired) electrons. The molecule has 0 aromatic carbocycles. The van der Waals surface area contributed by atoms with E-state index in [9.17, 15) is 4.79 Å². The minimum Gasteiger partial charge on any atom is -0.444 e. The Kier molecular flexibility index (Phi) is 3.34. The maximum absolute atomic E-state index is 12.2. The van der Waals surface area contributed by atoms with E-state index in [1.807, 2.05) is 25.7 Å². The molecule has 2 saturated heterocycles. The number of likely N-dealkylation sites (N-methyl/N-ethyl adjacent to an activating group) is 1. The average Bonchev–Trinajstić information content (AvgIpc) is 2.47. The van der Waals surface area contributed by atoms with Crippen molar-refractivity contribution in [2.75, 3.05) is 19.6 Å². The lowest BCUT2D eigenvalue weighted by Gasteiger charge is -2.41. The normalized spacial score (nSPS) is 29.5. The average molecular weight is 240 g/mol. The SMILES string of the molecule is CCN1CC2CC[C@@H](C1)N2C(=O)OC(C)(C)C. The number of hydrogen-bond acceptors (Lipinski definition) is 3. The van der Waals surface area contributed by atoms with Gasteiger partial charge in [-0.05, 0) is 40.2 Å². The van der Waals surface area contributed by atoms with Crippen molar-refractivity contribution in [1.29, 1.82) is 0 Å². The van der Waals surface area contributed by atoms with Crippen LogP contribution in [0.1, 0.15) is 40.5 Å². The molecule has 2 fully saturated rings. The smallest absolute Gasteiger partial charge is 0.410 e. The molecular weight excluding hydrogens is 216 g/mol. The zero-order valence-corrected chi connectivity index (χ0v) is 11.4. The summed E-state index contributed by atoms with van der Waals surface area (Å²) in [6.07, 6.45) is 2.13. The van der Waals surface area contributed by atoms with Crippen LogP contribution in [0.25, 0.3) is 0 Å². The molecule has 0 N–H and O–H groups in total. The third-order valence-electron chi connectivity index (χ3n) is 3.61. The zero-order valence-electron chi connectivity index (χ0n) is 11.4. The van der Waals surface area contributed by atoms with E-state index in [4.69, 9.17) is 4.74 Å². The quantitative estimate of drug-likeness (QED) is 0.703. The van der Waals surface area contributed by atoms with Crippen LogP contribution in [0.15, 0.2) is 0 Å². The molecule has 4 heteroatoms. The van der Waals surface area contributed by atoms with Crippen LogP contribution >= 0.6 is 0 Å². The minimum atomic E-state index is -0.390. The van der Waals surface area contributed by atoms with Crippen LogP contribution in [-0.2, 0) is 4.74 Å². The van der Waals surface area contributed by atoms with E-state index >= 15 is 0 Å². The molecule has 2 rings (SSSR count). The number of carbonyl (C=O) groups excluding carboxylic acids is 1. The monoisotopic (exact) mass is 240 g/mol. The van der Waals surface area contributed by atoms with E-state index in [-0.39, 0.29) is 6.09 Å². The predicted octanol–water partition coefficient (Wildman–Crippen LogP) is 2.09. The Bertz CT molecular complexity index is 284. The van der Waals surface area contributed by atoms with E-state index in [0.29, 0.717) is 12.1 Å². The van der Waals surface area contributed by atoms with Crippen LogP contribution in [0.3, 0.4) is 0 Å². The fraction of sp³-hybridized carbons (Fsp3) is 0.923. The van der Waals surface area contributed by atoms with Crippen molar-refractivity contribution in [3.8, 4) is 0 Å². The van der Waals surface area contributed by atoms with Gasteiger partial charge in [-0.3, -0.25) is 9.80 Å². The molecule has 2 heterocycles. The number of carbonyl (C=O) groups is 1. The summed E-state index contributed by atoms with van der Waals surface area (Å²) in [5.41, 5.74) is -0.390. The van der Waals surface area contributed by atoms with Crippen LogP contribution in [0.4, 0.5) is 4.79 Å². The molecule has 0 aromatic heterocycles. The lowest BCUT2D eigenvalue weighted by molar-refractivity contribution is -0.00368. The maximum atomic E-state index is 12.2. The van der Waals surface area contributed by atoms with Crippen molar-refractivity contribution in [3.63, 3.8) is 0 Å². The molecule has 0 saturated carbocycles. The van der Waals surface area contributed by atoms with E-state index in [0.717, 1.165) is 32.5 Å². The van der Waals surface area contributed by atoms with Crippen molar-refractivity contribution in [3.05, 3.63) is 0 Å². The number of hydrogen-bond donors (Lipinski definition) is 0. The fourth-order valence-electron chi connectivity index (χ4n) is 2.86. The molecule has 2 atom stereocenters. The highest BCUT2D eigenvalue weighted by molar-refractivity contribution is 5.69. The number of ether oxygens (including phenoxy) is 1. The first-order valence-electron chi connectivity index (χ1n) is 6.64. The summed E-state index contributed by atoms with van der Waals surface area (Å²) in [5.74, 6) is 0. The van der Waals surface area contributed by atoms with E-state index < -0.39 is 5.60 Å². The molecule has 2 aliphatic rings. The zero-order chi connectivity index (χ0) is 12.6. The van der Waals surface area contributed by atoms with Gasteiger partial charge in [0.15, 0.2) is 0 Å². The molecule has 2 aliphatic heterocycles. The van der Waals surface area contributed by atoms with Crippen molar-refractivity contribution < 1.29 is 9.53 Å². The second-order valence-electron chi connectivity index (χ2n) is 6.12. The lowest BCUT2D eigenvalue weighted by atomic mass is 10.2. The number of fused-ring (bicyclic) bond motifs is 2. The largest absolute Gasteiger partial charge is 0.444 e. The Balaban J connectivity index is 2.01. The Morgan fingerprint density at radius 1 is 1.24 bits per heavy atom. The Labute approximate surface area is 104 Å². The second-order valence-corrected chi connectivity index (χ2v) is 6.12. The van der Waals surface area contributed by atoms with Gasteiger partial charge in [-0.15, -0.1) is 0 Å². The highest BCUT2D eigenvalue weighted by Gasteiger charge is 2.43. The van der Waals surface area contributed by atoms with Gasteiger partial charge in [0, 0.05) is 25.2 Å². The maximum Gasteiger partial charge on any atom is 0.410 e. The minimum absolute atomic E-state index is 0.124. The van der Waals surface area contributed by atoms with Crippen LogP contribution in [-0.4, -0.2) is 53.2 Å². The van der Waals surface area contributed by atoms with Gasteiger partial charge in [-0.2, -0.15) is 0 Å². The van der Waals surface area contributed by atoms with Crippen molar-refractivity contribution >= 4 is 6.09 Å². The summed E-state index contributed by atoms with van der Waals surface area (Å²) in [5, 5.41) is 0. The number of amides is 1. The topological polar surface area (TPSA) is 32.8 Å². The summed E-state index contributed by atoms with van der Waals surface area (Å²) in [6, 6.07) is 0.729. The van der Waals surface area contributed by atoms with Crippen LogP contribution in [0.2, 0.25) is 0 Å². The Morgan fingerprint density at radius 2 is 1.76 bits per heavy atom. The number of nitrogens with zero attached hydrogens (tertiary/aromatic N) is 2. The standard InChI is InChI=1S/C13H24N2O2/c1-5-14-8-10-6-7-11(9-14)15(10)12(16)17-13(2,3)4/h10-11H,5-9H2,1-4H3/t10-,11?/m0/s1. The van der Waals surface area contributed by atoms with Crippen LogP contribution in [0, 0.1) is 0 Å². The molecule has 98 valence electrons. The lowest BCUT2D eigenvalue weighted by Crippen LogP contribution is -2.56. The molecule has 2 bridgehead atoms. The van der Waals surface area contributed by atoms with Crippen molar-refractivity contribution in [2.24, 2.45) is 0 Å². The second kappa shape index (κ2) is 4.48. The highest BCUT2D eigenvalue weighted by Crippen LogP contribution is 2.31.